The fourth-order valence-electron chi connectivity index (χ4n) is 1.80. The molecule has 3 heteroatoms. The van der Waals surface area contributed by atoms with Gasteiger partial charge in [-0.15, -0.1) is 0 Å². The average molecular weight is 141 g/mol. The SMILES string of the molecule is O=C[C@]12CCO[C@H]1CNC2. The van der Waals surface area contributed by atoms with E-state index in [1.807, 2.05) is 0 Å². The second kappa shape index (κ2) is 2.04. The Hall–Kier alpha value is -0.410. The van der Waals surface area contributed by atoms with Gasteiger partial charge in [-0.2, -0.15) is 0 Å². The first-order valence-electron chi connectivity index (χ1n) is 3.66. The third-order valence-corrected chi connectivity index (χ3v) is 2.55. The first-order valence-corrected chi connectivity index (χ1v) is 3.66. The van der Waals surface area contributed by atoms with Gasteiger partial charge in [-0.05, 0) is 6.42 Å². The lowest BCUT2D eigenvalue weighted by Gasteiger charge is -2.17. The Kier molecular flexibility index (Phi) is 1.28. The van der Waals surface area contributed by atoms with Crippen LogP contribution in [-0.4, -0.2) is 32.1 Å². The molecular weight excluding hydrogens is 130 g/mol. The van der Waals surface area contributed by atoms with E-state index in [4.69, 9.17) is 4.74 Å². The van der Waals surface area contributed by atoms with Crippen molar-refractivity contribution >= 4 is 6.29 Å². The molecule has 2 atom stereocenters. The molecule has 56 valence electrons. The Labute approximate surface area is 59.7 Å². The largest absolute Gasteiger partial charge is 0.376 e. The van der Waals surface area contributed by atoms with Crippen molar-refractivity contribution in [1.29, 1.82) is 0 Å². The lowest BCUT2D eigenvalue weighted by atomic mass is 9.86. The smallest absolute Gasteiger partial charge is 0.130 e. The molecule has 0 amide bonds. The van der Waals surface area contributed by atoms with Crippen molar-refractivity contribution in [2.24, 2.45) is 5.41 Å². The van der Waals surface area contributed by atoms with Crippen LogP contribution in [0.2, 0.25) is 0 Å². The summed E-state index contributed by atoms with van der Waals surface area (Å²) in [6.45, 7) is 2.41. The number of aldehydes is 1. The van der Waals surface area contributed by atoms with E-state index >= 15 is 0 Å². The Balaban J connectivity index is 2.23. The van der Waals surface area contributed by atoms with Gasteiger partial charge in [0.05, 0.1) is 11.5 Å². The van der Waals surface area contributed by atoms with E-state index < -0.39 is 0 Å². The van der Waals surface area contributed by atoms with Gasteiger partial charge in [-0.1, -0.05) is 0 Å². The third kappa shape index (κ3) is 0.646. The number of carbonyl (C=O) groups is 1. The van der Waals surface area contributed by atoms with Crippen LogP contribution in [0, 0.1) is 5.41 Å². The summed E-state index contributed by atoms with van der Waals surface area (Å²) in [6.07, 6.45) is 2.11. The predicted octanol–water partition coefficient (Wildman–Crippen LogP) is -0.436. The van der Waals surface area contributed by atoms with Crippen molar-refractivity contribution in [3.05, 3.63) is 0 Å². The molecule has 2 saturated heterocycles. The fraction of sp³-hybridized carbons (Fsp3) is 0.857. The number of carbonyl (C=O) groups excluding carboxylic acids is 1. The van der Waals surface area contributed by atoms with Gasteiger partial charge in [-0.3, -0.25) is 0 Å². The molecule has 10 heavy (non-hydrogen) atoms. The highest BCUT2D eigenvalue weighted by atomic mass is 16.5. The van der Waals surface area contributed by atoms with Crippen molar-refractivity contribution < 1.29 is 9.53 Å². The molecule has 0 radical (unpaired) electrons. The first-order chi connectivity index (χ1) is 4.87. The molecule has 0 spiro atoms. The summed E-state index contributed by atoms with van der Waals surface area (Å²) in [5.74, 6) is 0. The maximum absolute atomic E-state index is 10.7. The molecule has 0 aromatic heterocycles. The molecule has 0 aromatic rings. The highest BCUT2D eigenvalue weighted by molar-refractivity contribution is 5.62. The predicted molar refractivity (Wildman–Crippen MR) is 35.7 cm³/mol. The van der Waals surface area contributed by atoms with Crippen LogP contribution in [0.5, 0.6) is 0 Å². The summed E-state index contributed by atoms with van der Waals surface area (Å²) in [4.78, 5) is 10.7. The van der Waals surface area contributed by atoms with E-state index in [1.165, 1.54) is 0 Å². The molecule has 2 fully saturated rings. The summed E-state index contributed by atoms with van der Waals surface area (Å²) in [5, 5.41) is 3.16. The lowest BCUT2D eigenvalue weighted by molar-refractivity contribution is -0.116. The summed E-state index contributed by atoms with van der Waals surface area (Å²) in [5.41, 5.74) is -0.167. The van der Waals surface area contributed by atoms with Crippen molar-refractivity contribution in [3.8, 4) is 0 Å². The van der Waals surface area contributed by atoms with Crippen LogP contribution in [-0.2, 0) is 9.53 Å². The van der Waals surface area contributed by atoms with E-state index in [-0.39, 0.29) is 11.5 Å². The van der Waals surface area contributed by atoms with Crippen LogP contribution >= 0.6 is 0 Å². The highest BCUT2D eigenvalue weighted by Crippen LogP contribution is 2.35. The van der Waals surface area contributed by atoms with Gasteiger partial charge in [-0.25, -0.2) is 0 Å². The van der Waals surface area contributed by atoms with Crippen molar-refractivity contribution in [1.82, 2.24) is 5.32 Å². The summed E-state index contributed by atoms with van der Waals surface area (Å²) in [7, 11) is 0. The topological polar surface area (TPSA) is 38.3 Å². The number of hydrogen-bond donors (Lipinski definition) is 1. The molecule has 0 bridgehead atoms. The van der Waals surface area contributed by atoms with Crippen molar-refractivity contribution in [2.45, 2.75) is 12.5 Å². The number of ether oxygens (including phenoxy) is 1. The first kappa shape index (κ1) is 6.31. The molecule has 0 aliphatic carbocycles. The standard InChI is InChI=1S/C7H11NO2/c9-5-7-1-2-10-6(7)3-8-4-7/h5-6,8H,1-4H2/t6-,7+/m0/s1. The van der Waals surface area contributed by atoms with E-state index in [9.17, 15) is 4.79 Å². The molecule has 0 saturated carbocycles. The average Bonchev–Trinajstić information content (AvgIpc) is 2.42. The van der Waals surface area contributed by atoms with Gasteiger partial charge in [0.1, 0.15) is 6.29 Å². The zero-order chi connectivity index (χ0) is 7.03. The molecule has 2 heterocycles. The molecule has 0 aromatic carbocycles. The molecule has 2 aliphatic heterocycles. The molecule has 3 nitrogen and oxygen atoms in total. The Bertz CT molecular complexity index is 148. The van der Waals surface area contributed by atoms with Gasteiger partial charge >= 0.3 is 0 Å². The Morgan fingerprint density at radius 3 is 3.30 bits per heavy atom. The Morgan fingerprint density at radius 1 is 1.70 bits per heavy atom. The Morgan fingerprint density at radius 2 is 2.60 bits per heavy atom. The summed E-state index contributed by atoms with van der Waals surface area (Å²) >= 11 is 0. The van der Waals surface area contributed by atoms with Crippen LogP contribution in [0.15, 0.2) is 0 Å². The number of hydrogen-bond acceptors (Lipinski definition) is 3. The van der Waals surface area contributed by atoms with Crippen LogP contribution in [0.1, 0.15) is 6.42 Å². The fourth-order valence-corrected chi connectivity index (χ4v) is 1.80. The van der Waals surface area contributed by atoms with Gasteiger partial charge in [0.15, 0.2) is 0 Å². The monoisotopic (exact) mass is 141 g/mol. The van der Waals surface area contributed by atoms with Gasteiger partial charge < -0.3 is 14.8 Å². The van der Waals surface area contributed by atoms with E-state index in [1.54, 1.807) is 0 Å². The van der Waals surface area contributed by atoms with E-state index in [0.29, 0.717) is 0 Å². The maximum atomic E-state index is 10.7. The molecular formula is C7H11NO2. The second-order valence-corrected chi connectivity index (χ2v) is 3.09. The van der Waals surface area contributed by atoms with Crippen LogP contribution in [0.4, 0.5) is 0 Å². The van der Waals surface area contributed by atoms with Crippen molar-refractivity contribution in [3.63, 3.8) is 0 Å². The normalized spacial score (nSPS) is 45.4. The van der Waals surface area contributed by atoms with Gasteiger partial charge in [0.2, 0.25) is 0 Å². The zero-order valence-corrected chi connectivity index (χ0v) is 5.80. The quantitative estimate of drug-likeness (QED) is 0.503. The van der Waals surface area contributed by atoms with Crippen LogP contribution in [0.3, 0.4) is 0 Å². The van der Waals surface area contributed by atoms with Crippen LogP contribution < -0.4 is 5.32 Å². The number of nitrogens with one attached hydrogen (secondary N) is 1. The lowest BCUT2D eigenvalue weighted by Crippen LogP contribution is -2.30. The van der Waals surface area contributed by atoms with E-state index in [2.05, 4.69) is 5.32 Å². The molecule has 2 aliphatic rings. The molecule has 2 rings (SSSR count). The maximum Gasteiger partial charge on any atom is 0.130 e. The minimum Gasteiger partial charge on any atom is -0.376 e. The van der Waals surface area contributed by atoms with Crippen molar-refractivity contribution in [2.75, 3.05) is 19.7 Å². The minimum atomic E-state index is -0.167. The van der Waals surface area contributed by atoms with Crippen LogP contribution in [0.25, 0.3) is 0 Å². The minimum absolute atomic E-state index is 0.157. The van der Waals surface area contributed by atoms with Gasteiger partial charge in [0.25, 0.3) is 0 Å². The zero-order valence-electron chi connectivity index (χ0n) is 5.80. The summed E-state index contributed by atoms with van der Waals surface area (Å²) in [6, 6.07) is 0. The second-order valence-electron chi connectivity index (χ2n) is 3.09. The molecule has 1 N–H and O–H groups in total. The highest BCUT2D eigenvalue weighted by Gasteiger charge is 2.47. The molecule has 0 unspecified atom stereocenters. The third-order valence-electron chi connectivity index (χ3n) is 2.55. The number of rotatable bonds is 1. The number of fused-ring (bicyclic) bond motifs is 1. The van der Waals surface area contributed by atoms with E-state index in [0.717, 1.165) is 32.4 Å². The van der Waals surface area contributed by atoms with Gasteiger partial charge in [0, 0.05) is 19.7 Å². The summed E-state index contributed by atoms with van der Waals surface area (Å²) < 4.78 is 5.38.